The van der Waals surface area contributed by atoms with Crippen molar-refractivity contribution in [3.8, 4) is 0 Å². The molecule has 1 rings (SSSR count). The fourth-order valence-corrected chi connectivity index (χ4v) is 1.24. The van der Waals surface area contributed by atoms with Crippen molar-refractivity contribution in [3.63, 3.8) is 0 Å². The largest absolute Gasteiger partial charge is 0.481 e. The van der Waals surface area contributed by atoms with Crippen LogP contribution in [0.15, 0.2) is 18.2 Å². The van der Waals surface area contributed by atoms with E-state index in [1.54, 1.807) is 26.8 Å². The Hall–Kier alpha value is -1.58. The van der Waals surface area contributed by atoms with E-state index in [2.05, 4.69) is 5.32 Å². The van der Waals surface area contributed by atoms with Crippen LogP contribution in [0.1, 0.15) is 19.4 Å². The smallest absolute Gasteiger partial charge is 0.310 e. The zero-order valence-electron chi connectivity index (χ0n) is 9.67. The predicted molar refractivity (Wildman–Crippen MR) is 61.0 cm³/mol. The molecule has 1 aromatic rings. The first-order valence-corrected chi connectivity index (χ1v) is 5.06. The number of anilines is 1. The number of carbonyl (C=O) groups is 1. The van der Waals surface area contributed by atoms with E-state index in [1.807, 2.05) is 0 Å². The fraction of sp³-hybridized carbons (Fsp3) is 0.417. The number of aryl methyl sites for hydroxylation is 1. The average Bonchev–Trinajstić information content (AvgIpc) is 2.13. The third-order valence-corrected chi connectivity index (χ3v) is 2.36. The van der Waals surface area contributed by atoms with E-state index in [1.165, 1.54) is 12.1 Å². The van der Waals surface area contributed by atoms with Crippen LogP contribution in [0.4, 0.5) is 10.1 Å². The van der Waals surface area contributed by atoms with Gasteiger partial charge in [0.05, 0.1) is 5.41 Å². The monoisotopic (exact) mass is 225 g/mol. The van der Waals surface area contributed by atoms with Crippen molar-refractivity contribution >= 4 is 11.7 Å². The summed E-state index contributed by atoms with van der Waals surface area (Å²) in [6.07, 6.45) is 0. The van der Waals surface area contributed by atoms with E-state index >= 15 is 0 Å². The minimum Gasteiger partial charge on any atom is -0.481 e. The second-order valence-corrected chi connectivity index (χ2v) is 4.56. The molecule has 3 nitrogen and oxygen atoms in total. The molecule has 0 aliphatic carbocycles. The Kier molecular flexibility index (Phi) is 3.52. The second kappa shape index (κ2) is 4.51. The van der Waals surface area contributed by atoms with Crippen molar-refractivity contribution in [1.82, 2.24) is 0 Å². The van der Waals surface area contributed by atoms with Gasteiger partial charge in [0, 0.05) is 12.2 Å². The molecule has 0 saturated heterocycles. The molecule has 4 heteroatoms. The van der Waals surface area contributed by atoms with Crippen molar-refractivity contribution < 1.29 is 14.3 Å². The molecule has 0 atom stereocenters. The lowest BCUT2D eigenvalue weighted by Crippen LogP contribution is -2.31. The number of rotatable bonds is 4. The molecule has 0 amide bonds. The highest BCUT2D eigenvalue weighted by molar-refractivity contribution is 5.74. The Morgan fingerprint density at radius 1 is 1.44 bits per heavy atom. The molecule has 2 N–H and O–H groups in total. The van der Waals surface area contributed by atoms with Crippen molar-refractivity contribution in [1.29, 1.82) is 0 Å². The standard InChI is InChI=1S/C12H16FNO2/c1-8-4-9(13)6-10(5-8)14-7-12(2,3)11(15)16/h4-6,14H,7H2,1-3H3,(H,15,16). The van der Waals surface area contributed by atoms with Gasteiger partial charge in [-0.15, -0.1) is 0 Å². The summed E-state index contributed by atoms with van der Waals surface area (Å²) in [6.45, 7) is 5.28. The predicted octanol–water partition coefficient (Wildman–Crippen LogP) is 2.66. The van der Waals surface area contributed by atoms with E-state index in [-0.39, 0.29) is 12.4 Å². The molecule has 16 heavy (non-hydrogen) atoms. The van der Waals surface area contributed by atoms with Crippen LogP contribution in [0.25, 0.3) is 0 Å². The molecule has 88 valence electrons. The summed E-state index contributed by atoms with van der Waals surface area (Å²) in [7, 11) is 0. The first-order valence-electron chi connectivity index (χ1n) is 5.06. The van der Waals surface area contributed by atoms with Gasteiger partial charge in [0.15, 0.2) is 0 Å². The molecule has 0 saturated carbocycles. The highest BCUT2D eigenvalue weighted by atomic mass is 19.1. The Morgan fingerprint density at radius 2 is 2.06 bits per heavy atom. The van der Waals surface area contributed by atoms with E-state index in [0.717, 1.165) is 5.56 Å². The summed E-state index contributed by atoms with van der Waals surface area (Å²) >= 11 is 0. The number of hydrogen-bond acceptors (Lipinski definition) is 2. The zero-order valence-corrected chi connectivity index (χ0v) is 9.67. The van der Waals surface area contributed by atoms with Gasteiger partial charge in [-0.1, -0.05) is 0 Å². The molecule has 0 aliphatic heterocycles. The number of carboxylic acid groups (broad SMARTS) is 1. The van der Waals surface area contributed by atoms with Crippen molar-refractivity contribution in [2.24, 2.45) is 5.41 Å². The quantitative estimate of drug-likeness (QED) is 0.828. The van der Waals surface area contributed by atoms with Gasteiger partial charge in [0.1, 0.15) is 5.82 Å². The van der Waals surface area contributed by atoms with Crippen molar-refractivity contribution in [2.45, 2.75) is 20.8 Å². The van der Waals surface area contributed by atoms with Crippen LogP contribution >= 0.6 is 0 Å². The topological polar surface area (TPSA) is 49.3 Å². The molecule has 0 heterocycles. The summed E-state index contributed by atoms with van der Waals surface area (Å²) in [5.41, 5.74) is 0.530. The molecule has 0 spiro atoms. The summed E-state index contributed by atoms with van der Waals surface area (Å²) in [5, 5.41) is 11.8. The van der Waals surface area contributed by atoms with Gasteiger partial charge in [-0.3, -0.25) is 4.79 Å². The van der Waals surface area contributed by atoms with Crippen LogP contribution < -0.4 is 5.32 Å². The Labute approximate surface area is 94.3 Å². The molecule has 0 fully saturated rings. The number of benzene rings is 1. The first kappa shape index (κ1) is 12.5. The summed E-state index contributed by atoms with van der Waals surface area (Å²) in [5.74, 6) is -1.20. The Morgan fingerprint density at radius 3 is 2.56 bits per heavy atom. The Balaban J connectivity index is 2.71. The Bertz CT molecular complexity index is 382. The third kappa shape index (κ3) is 3.22. The maximum Gasteiger partial charge on any atom is 0.310 e. The highest BCUT2D eigenvalue weighted by Gasteiger charge is 2.26. The van der Waals surface area contributed by atoms with Gasteiger partial charge in [-0.05, 0) is 44.5 Å². The van der Waals surface area contributed by atoms with Crippen LogP contribution in [0.5, 0.6) is 0 Å². The van der Waals surface area contributed by atoms with Gasteiger partial charge < -0.3 is 10.4 Å². The SMILES string of the molecule is Cc1cc(F)cc(NCC(C)(C)C(=O)O)c1. The van der Waals surface area contributed by atoms with Gasteiger partial charge >= 0.3 is 5.97 Å². The lowest BCUT2D eigenvalue weighted by molar-refractivity contribution is -0.146. The molecule has 0 radical (unpaired) electrons. The number of aliphatic carboxylic acids is 1. The van der Waals surface area contributed by atoms with E-state index in [0.29, 0.717) is 5.69 Å². The maximum atomic E-state index is 13.1. The minimum absolute atomic E-state index is 0.255. The molecule has 0 unspecified atom stereocenters. The van der Waals surface area contributed by atoms with Crippen LogP contribution in [-0.2, 0) is 4.79 Å². The van der Waals surface area contributed by atoms with E-state index < -0.39 is 11.4 Å². The lowest BCUT2D eigenvalue weighted by atomic mass is 9.94. The van der Waals surface area contributed by atoms with Crippen LogP contribution in [0.2, 0.25) is 0 Å². The van der Waals surface area contributed by atoms with Crippen molar-refractivity contribution in [3.05, 3.63) is 29.6 Å². The van der Waals surface area contributed by atoms with Crippen molar-refractivity contribution in [2.75, 3.05) is 11.9 Å². The second-order valence-electron chi connectivity index (χ2n) is 4.56. The first-order chi connectivity index (χ1) is 7.31. The normalized spacial score (nSPS) is 11.2. The summed E-state index contributed by atoms with van der Waals surface area (Å²) < 4.78 is 13.1. The minimum atomic E-state index is -0.881. The number of nitrogens with one attached hydrogen (secondary N) is 1. The van der Waals surface area contributed by atoms with Gasteiger partial charge in [0.2, 0.25) is 0 Å². The van der Waals surface area contributed by atoms with E-state index in [4.69, 9.17) is 5.11 Å². The maximum absolute atomic E-state index is 13.1. The molecule has 0 aliphatic rings. The highest BCUT2D eigenvalue weighted by Crippen LogP contribution is 2.18. The van der Waals surface area contributed by atoms with E-state index in [9.17, 15) is 9.18 Å². The van der Waals surface area contributed by atoms with Gasteiger partial charge in [0.25, 0.3) is 0 Å². The van der Waals surface area contributed by atoms with Gasteiger partial charge in [-0.25, -0.2) is 4.39 Å². The average molecular weight is 225 g/mol. The van der Waals surface area contributed by atoms with Gasteiger partial charge in [-0.2, -0.15) is 0 Å². The van der Waals surface area contributed by atoms with Crippen LogP contribution in [0, 0.1) is 18.2 Å². The molecule has 0 aromatic heterocycles. The molecule has 0 bridgehead atoms. The third-order valence-electron chi connectivity index (χ3n) is 2.36. The fourth-order valence-electron chi connectivity index (χ4n) is 1.24. The van der Waals surface area contributed by atoms with Crippen LogP contribution in [-0.4, -0.2) is 17.6 Å². The summed E-state index contributed by atoms with van der Waals surface area (Å²) in [6, 6.07) is 4.56. The zero-order chi connectivity index (χ0) is 12.3. The summed E-state index contributed by atoms with van der Waals surface area (Å²) in [4.78, 5) is 10.9. The molecular formula is C12H16FNO2. The lowest BCUT2D eigenvalue weighted by Gasteiger charge is -2.20. The molecule has 1 aromatic carbocycles. The molecular weight excluding hydrogens is 209 g/mol. The number of halogens is 1. The number of carboxylic acids is 1. The van der Waals surface area contributed by atoms with Crippen LogP contribution in [0.3, 0.4) is 0 Å². The number of hydrogen-bond donors (Lipinski definition) is 2.